The molecule has 0 atom stereocenters. The first-order valence-corrected chi connectivity index (χ1v) is 9.76. The van der Waals surface area contributed by atoms with Crippen molar-refractivity contribution in [2.75, 3.05) is 5.32 Å². The van der Waals surface area contributed by atoms with Crippen molar-refractivity contribution >= 4 is 27.5 Å². The average Bonchev–Trinajstić information content (AvgIpc) is 2.99. The molecule has 25 heavy (non-hydrogen) atoms. The lowest BCUT2D eigenvalue weighted by Gasteiger charge is -2.16. The second-order valence-corrected chi connectivity index (χ2v) is 7.47. The summed E-state index contributed by atoms with van der Waals surface area (Å²) < 4.78 is 13.9. The molecule has 0 radical (unpaired) electrons. The van der Waals surface area contributed by atoms with Crippen molar-refractivity contribution in [3.05, 3.63) is 52.8 Å². The quantitative estimate of drug-likeness (QED) is 0.553. The molecule has 5 heteroatoms. The van der Waals surface area contributed by atoms with Crippen molar-refractivity contribution < 1.29 is 4.39 Å². The fourth-order valence-electron chi connectivity index (χ4n) is 3.04. The monoisotopic (exact) mass is 357 g/mol. The molecule has 3 nitrogen and oxygen atoms in total. The molecule has 3 rings (SSSR count). The standard InChI is InChI=1S/C20H24FN3S/c1-3-7-16(8-4-2)23-20-22-13-15-12-17(25-19(15)24-20)11-14-9-5-6-10-18(14)21/h5-6,9-10,12-13,16H,3-4,7-8,11H2,1-2H3,(H,22,23,24). The van der Waals surface area contributed by atoms with E-state index in [9.17, 15) is 4.39 Å². The number of nitrogens with one attached hydrogen (secondary N) is 1. The largest absolute Gasteiger partial charge is 0.351 e. The van der Waals surface area contributed by atoms with Gasteiger partial charge in [0.1, 0.15) is 10.6 Å². The smallest absolute Gasteiger partial charge is 0.224 e. The van der Waals surface area contributed by atoms with Crippen molar-refractivity contribution in [1.82, 2.24) is 9.97 Å². The van der Waals surface area contributed by atoms with Gasteiger partial charge in [0.2, 0.25) is 5.95 Å². The Hall–Kier alpha value is -2.01. The van der Waals surface area contributed by atoms with Crippen molar-refractivity contribution in [3.63, 3.8) is 0 Å². The lowest BCUT2D eigenvalue weighted by atomic mass is 10.1. The highest BCUT2D eigenvalue weighted by Crippen LogP contribution is 2.27. The molecule has 0 aliphatic carbocycles. The number of hydrogen-bond acceptors (Lipinski definition) is 4. The molecule has 0 aliphatic rings. The lowest BCUT2D eigenvalue weighted by molar-refractivity contribution is 0.582. The predicted octanol–water partition coefficient (Wildman–Crippen LogP) is 5.80. The van der Waals surface area contributed by atoms with E-state index < -0.39 is 0 Å². The minimum Gasteiger partial charge on any atom is -0.351 e. The Bertz CT molecular complexity index is 825. The van der Waals surface area contributed by atoms with Gasteiger partial charge in [-0.25, -0.2) is 14.4 Å². The molecule has 0 amide bonds. The number of fused-ring (bicyclic) bond motifs is 1. The molecular formula is C20H24FN3S. The number of aromatic nitrogens is 2. The van der Waals surface area contributed by atoms with E-state index in [1.54, 1.807) is 17.4 Å². The Balaban J connectivity index is 1.78. The van der Waals surface area contributed by atoms with Gasteiger partial charge in [-0.1, -0.05) is 44.9 Å². The van der Waals surface area contributed by atoms with Gasteiger partial charge in [0.25, 0.3) is 0 Å². The second kappa shape index (κ2) is 8.39. The van der Waals surface area contributed by atoms with Gasteiger partial charge in [0.05, 0.1) is 0 Å². The maximum atomic E-state index is 13.9. The lowest BCUT2D eigenvalue weighted by Crippen LogP contribution is -2.20. The summed E-state index contributed by atoms with van der Waals surface area (Å²) in [6.45, 7) is 4.39. The molecule has 0 saturated carbocycles. The SMILES string of the molecule is CCCC(CCC)Nc1ncc2cc(Cc3ccccc3F)sc2n1. The van der Waals surface area contributed by atoms with Crippen LogP contribution in [-0.2, 0) is 6.42 Å². The molecule has 132 valence electrons. The van der Waals surface area contributed by atoms with Gasteiger partial charge in [-0.3, -0.25) is 0 Å². The van der Waals surface area contributed by atoms with Gasteiger partial charge < -0.3 is 5.32 Å². The highest BCUT2D eigenvalue weighted by molar-refractivity contribution is 7.18. The van der Waals surface area contributed by atoms with Crippen molar-refractivity contribution in [2.45, 2.75) is 52.0 Å². The van der Waals surface area contributed by atoms with E-state index in [-0.39, 0.29) is 5.82 Å². The third kappa shape index (κ3) is 4.54. The Labute approximate surface area is 152 Å². The van der Waals surface area contributed by atoms with Crippen LogP contribution in [0, 0.1) is 5.82 Å². The van der Waals surface area contributed by atoms with E-state index in [0.717, 1.165) is 40.8 Å². The minimum atomic E-state index is -0.157. The van der Waals surface area contributed by atoms with Gasteiger partial charge in [-0.2, -0.15) is 0 Å². The molecule has 2 heterocycles. The summed E-state index contributed by atoms with van der Waals surface area (Å²) in [5.41, 5.74) is 0.714. The maximum absolute atomic E-state index is 13.9. The number of hydrogen-bond donors (Lipinski definition) is 1. The highest BCUT2D eigenvalue weighted by atomic mass is 32.1. The number of rotatable bonds is 8. The summed E-state index contributed by atoms with van der Waals surface area (Å²) in [5.74, 6) is 0.536. The van der Waals surface area contributed by atoms with Crippen LogP contribution in [0.25, 0.3) is 10.2 Å². The topological polar surface area (TPSA) is 37.8 Å². The number of nitrogens with zero attached hydrogens (tertiary/aromatic N) is 2. The van der Waals surface area contributed by atoms with E-state index in [0.29, 0.717) is 24.0 Å². The average molecular weight is 357 g/mol. The van der Waals surface area contributed by atoms with E-state index in [1.807, 2.05) is 18.3 Å². The molecule has 3 aromatic rings. The first kappa shape index (κ1) is 17.8. The van der Waals surface area contributed by atoms with Crippen molar-refractivity contribution in [3.8, 4) is 0 Å². The van der Waals surface area contributed by atoms with Crippen molar-refractivity contribution in [1.29, 1.82) is 0 Å². The first-order valence-electron chi connectivity index (χ1n) is 8.95. The summed E-state index contributed by atoms with van der Waals surface area (Å²) >= 11 is 1.61. The van der Waals surface area contributed by atoms with Crippen LogP contribution in [0.2, 0.25) is 0 Å². The molecule has 0 aliphatic heterocycles. The molecular weight excluding hydrogens is 333 g/mol. The van der Waals surface area contributed by atoms with Crippen molar-refractivity contribution in [2.24, 2.45) is 0 Å². The van der Waals surface area contributed by atoms with Gasteiger partial charge in [0.15, 0.2) is 0 Å². The number of thiophene rings is 1. The molecule has 0 fully saturated rings. The molecule has 2 aromatic heterocycles. The second-order valence-electron chi connectivity index (χ2n) is 6.35. The van der Waals surface area contributed by atoms with Gasteiger partial charge >= 0.3 is 0 Å². The molecule has 0 saturated heterocycles. The Morgan fingerprint density at radius 3 is 2.64 bits per heavy atom. The number of halogens is 1. The van der Waals surface area contributed by atoms with Gasteiger partial charge in [-0.05, 0) is 30.5 Å². The normalized spacial score (nSPS) is 11.4. The summed E-state index contributed by atoms with van der Waals surface area (Å²) in [4.78, 5) is 11.2. The zero-order chi connectivity index (χ0) is 17.6. The molecule has 1 aromatic carbocycles. The van der Waals surface area contributed by atoms with E-state index in [2.05, 4.69) is 35.2 Å². The van der Waals surface area contributed by atoms with Crippen LogP contribution in [0.15, 0.2) is 36.5 Å². The third-order valence-corrected chi connectivity index (χ3v) is 5.30. The van der Waals surface area contributed by atoms with Crippen LogP contribution in [0.4, 0.5) is 10.3 Å². The summed E-state index contributed by atoms with van der Waals surface area (Å²) in [7, 11) is 0. The Morgan fingerprint density at radius 2 is 1.92 bits per heavy atom. The van der Waals surface area contributed by atoms with Gasteiger partial charge in [0, 0.05) is 28.9 Å². The fourth-order valence-corrected chi connectivity index (χ4v) is 4.06. The summed E-state index contributed by atoms with van der Waals surface area (Å²) in [6, 6.07) is 9.41. The zero-order valence-corrected chi connectivity index (χ0v) is 15.6. The van der Waals surface area contributed by atoms with E-state index in [4.69, 9.17) is 0 Å². The van der Waals surface area contributed by atoms with Crippen LogP contribution >= 0.6 is 11.3 Å². The minimum absolute atomic E-state index is 0.157. The third-order valence-electron chi connectivity index (χ3n) is 4.25. The van der Waals surface area contributed by atoms with Crippen LogP contribution < -0.4 is 5.32 Å². The number of benzene rings is 1. The van der Waals surface area contributed by atoms with Crippen LogP contribution in [0.1, 0.15) is 50.0 Å². The summed E-state index contributed by atoms with van der Waals surface area (Å²) in [6.07, 6.45) is 6.99. The molecule has 0 bridgehead atoms. The van der Waals surface area contributed by atoms with E-state index >= 15 is 0 Å². The molecule has 0 spiro atoms. The Kier molecular flexibility index (Phi) is 5.97. The highest BCUT2D eigenvalue weighted by Gasteiger charge is 2.11. The molecule has 1 N–H and O–H groups in total. The fraction of sp³-hybridized carbons (Fsp3) is 0.400. The van der Waals surface area contributed by atoms with Gasteiger partial charge in [-0.15, -0.1) is 11.3 Å². The maximum Gasteiger partial charge on any atom is 0.224 e. The summed E-state index contributed by atoms with van der Waals surface area (Å²) in [5, 5.41) is 4.48. The van der Waals surface area contributed by atoms with Crippen LogP contribution in [-0.4, -0.2) is 16.0 Å². The zero-order valence-electron chi connectivity index (χ0n) is 14.8. The Morgan fingerprint density at radius 1 is 1.16 bits per heavy atom. The molecule has 0 unspecified atom stereocenters. The number of anilines is 1. The van der Waals surface area contributed by atoms with Crippen LogP contribution in [0.5, 0.6) is 0 Å². The van der Waals surface area contributed by atoms with Crippen LogP contribution in [0.3, 0.4) is 0 Å². The van der Waals surface area contributed by atoms with E-state index in [1.165, 1.54) is 6.07 Å². The first-order chi connectivity index (χ1) is 12.2. The predicted molar refractivity (Wildman–Crippen MR) is 104 cm³/mol.